The number of benzene rings is 2. The quantitative estimate of drug-likeness (QED) is 0.516. The van der Waals surface area contributed by atoms with Gasteiger partial charge in [-0.1, -0.05) is 60.7 Å². The van der Waals surface area contributed by atoms with Crippen LogP contribution in [0.2, 0.25) is 0 Å². The van der Waals surface area contributed by atoms with Crippen LogP contribution < -0.4 is 5.32 Å². The van der Waals surface area contributed by atoms with Crippen molar-refractivity contribution in [3.63, 3.8) is 0 Å². The Morgan fingerprint density at radius 1 is 0.906 bits per heavy atom. The van der Waals surface area contributed by atoms with E-state index in [0.29, 0.717) is 17.7 Å². The van der Waals surface area contributed by atoms with Crippen molar-refractivity contribution in [2.45, 2.75) is 45.4 Å². The van der Waals surface area contributed by atoms with Gasteiger partial charge in [-0.3, -0.25) is 4.98 Å². The second kappa shape index (κ2) is 10.6. The first-order chi connectivity index (χ1) is 15.3. The van der Waals surface area contributed by atoms with Crippen LogP contribution in [0.5, 0.6) is 0 Å². The van der Waals surface area contributed by atoms with Crippen LogP contribution in [0.3, 0.4) is 0 Å². The van der Waals surface area contributed by atoms with Gasteiger partial charge in [0.05, 0.1) is 17.3 Å². The van der Waals surface area contributed by atoms with Gasteiger partial charge in [-0.2, -0.15) is 0 Å². The minimum atomic E-state index is -0.650. The van der Waals surface area contributed by atoms with E-state index in [1.807, 2.05) is 60.7 Å². The average Bonchev–Trinajstić information content (AvgIpc) is 2.77. The molecule has 0 fully saturated rings. The monoisotopic (exact) mass is 432 g/mol. The molecule has 3 aromatic rings. The summed E-state index contributed by atoms with van der Waals surface area (Å²) in [6.07, 6.45) is 1.46. The van der Waals surface area contributed by atoms with E-state index in [9.17, 15) is 9.59 Å². The SMILES string of the molecule is CC(C)(C)OC(=O)N[C@@H](Cc1ccccc1)c1ncccc1C(=O)OCc1ccccc1. The molecule has 1 atom stereocenters. The van der Waals surface area contributed by atoms with Crippen LogP contribution in [0, 0.1) is 0 Å². The summed E-state index contributed by atoms with van der Waals surface area (Å²) < 4.78 is 11.0. The number of nitrogens with one attached hydrogen (secondary N) is 1. The van der Waals surface area contributed by atoms with Gasteiger partial charge in [-0.05, 0) is 50.5 Å². The lowest BCUT2D eigenvalue weighted by Crippen LogP contribution is -2.36. The summed E-state index contributed by atoms with van der Waals surface area (Å²) in [6, 6.07) is 21.9. The molecule has 3 rings (SSSR count). The van der Waals surface area contributed by atoms with Crippen molar-refractivity contribution >= 4 is 12.1 Å². The summed E-state index contributed by atoms with van der Waals surface area (Å²) in [5, 5.41) is 2.88. The Hall–Kier alpha value is -3.67. The molecule has 0 saturated heterocycles. The number of ether oxygens (including phenoxy) is 2. The molecule has 166 valence electrons. The van der Waals surface area contributed by atoms with Gasteiger partial charge < -0.3 is 14.8 Å². The Labute approximate surface area is 188 Å². The minimum Gasteiger partial charge on any atom is -0.457 e. The summed E-state index contributed by atoms with van der Waals surface area (Å²) in [5.74, 6) is -0.499. The summed E-state index contributed by atoms with van der Waals surface area (Å²) in [6.45, 7) is 5.54. The van der Waals surface area contributed by atoms with Gasteiger partial charge in [0.1, 0.15) is 12.2 Å². The molecule has 32 heavy (non-hydrogen) atoms. The molecule has 0 saturated carbocycles. The number of hydrogen-bond donors (Lipinski definition) is 1. The van der Waals surface area contributed by atoms with Crippen LogP contribution >= 0.6 is 0 Å². The van der Waals surface area contributed by atoms with E-state index in [1.165, 1.54) is 0 Å². The fourth-order valence-corrected chi connectivity index (χ4v) is 3.18. The largest absolute Gasteiger partial charge is 0.457 e. The maximum absolute atomic E-state index is 12.9. The molecule has 1 amide bonds. The van der Waals surface area contributed by atoms with E-state index in [4.69, 9.17) is 9.47 Å². The van der Waals surface area contributed by atoms with Crippen LogP contribution in [-0.2, 0) is 22.5 Å². The fraction of sp³-hybridized carbons (Fsp3) is 0.269. The molecule has 1 N–H and O–H groups in total. The molecule has 6 heteroatoms. The smallest absolute Gasteiger partial charge is 0.408 e. The third kappa shape index (κ3) is 6.94. The lowest BCUT2D eigenvalue weighted by atomic mass is 9.99. The van der Waals surface area contributed by atoms with Crippen LogP contribution in [-0.4, -0.2) is 22.6 Å². The van der Waals surface area contributed by atoms with E-state index >= 15 is 0 Å². The number of nitrogens with zero attached hydrogens (tertiary/aromatic N) is 1. The molecule has 6 nitrogen and oxygen atoms in total. The van der Waals surface area contributed by atoms with Crippen molar-refractivity contribution in [2.24, 2.45) is 0 Å². The lowest BCUT2D eigenvalue weighted by molar-refractivity contribution is 0.0455. The molecule has 0 aliphatic heterocycles. The van der Waals surface area contributed by atoms with Gasteiger partial charge in [-0.25, -0.2) is 9.59 Å². The molecule has 0 unspecified atom stereocenters. The zero-order chi connectivity index (χ0) is 23.0. The summed E-state index contributed by atoms with van der Waals surface area (Å²) >= 11 is 0. The first-order valence-electron chi connectivity index (χ1n) is 10.5. The molecule has 2 aromatic carbocycles. The average molecular weight is 433 g/mol. The molecule has 1 heterocycles. The highest BCUT2D eigenvalue weighted by Gasteiger charge is 2.26. The predicted molar refractivity (Wildman–Crippen MR) is 122 cm³/mol. The number of pyridine rings is 1. The Morgan fingerprint density at radius 3 is 2.16 bits per heavy atom. The number of amides is 1. The van der Waals surface area contributed by atoms with Crippen molar-refractivity contribution in [3.8, 4) is 0 Å². The maximum Gasteiger partial charge on any atom is 0.408 e. The highest BCUT2D eigenvalue weighted by atomic mass is 16.6. The van der Waals surface area contributed by atoms with Crippen molar-refractivity contribution in [1.82, 2.24) is 10.3 Å². The first-order valence-corrected chi connectivity index (χ1v) is 10.5. The fourth-order valence-electron chi connectivity index (χ4n) is 3.18. The molecule has 0 radical (unpaired) electrons. The van der Waals surface area contributed by atoms with E-state index < -0.39 is 23.7 Å². The molecule has 0 aliphatic carbocycles. The number of hydrogen-bond acceptors (Lipinski definition) is 5. The third-order valence-corrected chi connectivity index (χ3v) is 4.57. The Bertz CT molecular complexity index is 1030. The van der Waals surface area contributed by atoms with Crippen molar-refractivity contribution in [1.29, 1.82) is 0 Å². The highest BCUT2D eigenvalue weighted by molar-refractivity contribution is 5.91. The second-order valence-electron chi connectivity index (χ2n) is 8.39. The standard InChI is InChI=1S/C26H28N2O4/c1-26(2,3)32-25(30)28-22(17-19-11-6-4-7-12-19)23-21(15-10-16-27-23)24(29)31-18-20-13-8-5-9-14-20/h4-16,22H,17-18H2,1-3H3,(H,28,30)/t22-/m0/s1. The van der Waals surface area contributed by atoms with E-state index in [2.05, 4.69) is 10.3 Å². The minimum absolute atomic E-state index is 0.150. The van der Waals surface area contributed by atoms with Gasteiger partial charge in [0.2, 0.25) is 0 Å². The Balaban J connectivity index is 1.84. The van der Waals surface area contributed by atoms with Crippen LogP contribution in [0.25, 0.3) is 0 Å². The number of esters is 1. The van der Waals surface area contributed by atoms with Gasteiger partial charge in [0.25, 0.3) is 0 Å². The van der Waals surface area contributed by atoms with Crippen molar-refractivity contribution < 1.29 is 19.1 Å². The van der Waals surface area contributed by atoms with E-state index in [1.54, 1.807) is 39.1 Å². The van der Waals surface area contributed by atoms with Gasteiger partial charge in [0, 0.05) is 6.20 Å². The molecule has 0 spiro atoms. The number of alkyl carbamates (subject to hydrolysis) is 1. The topological polar surface area (TPSA) is 77.5 Å². The van der Waals surface area contributed by atoms with Crippen molar-refractivity contribution in [2.75, 3.05) is 0 Å². The molecular weight excluding hydrogens is 404 g/mol. The predicted octanol–water partition coefficient (Wildman–Crippen LogP) is 5.25. The number of aromatic nitrogens is 1. The first kappa shape index (κ1) is 23.0. The number of carbonyl (C=O) groups excluding carboxylic acids is 2. The molecular formula is C26H28N2O4. The van der Waals surface area contributed by atoms with Gasteiger partial charge in [-0.15, -0.1) is 0 Å². The van der Waals surface area contributed by atoms with Crippen LogP contribution in [0.4, 0.5) is 4.79 Å². The van der Waals surface area contributed by atoms with Gasteiger partial charge >= 0.3 is 12.1 Å². The zero-order valence-electron chi connectivity index (χ0n) is 18.6. The Morgan fingerprint density at radius 2 is 1.53 bits per heavy atom. The van der Waals surface area contributed by atoms with E-state index in [-0.39, 0.29) is 6.61 Å². The second-order valence-corrected chi connectivity index (χ2v) is 8.39. The lowest BCUT2D eigenvalue weighted by Gasteiger charge is -2.24. The number of carbonyl (C=O) groups is 2. The third-order valence-electron chi connectivity index (χ3n) is 4.57. The zero-order valence-corrected chi connectivity index (χ0v) is 18.6. The summed E-state index contributed by atoms with van der Waals surface area (Å²) in [5.41, 5.74) is 1.96. The summed E-state index contributed by atoms with van der Waals surface area (Å²) in [4.78, 5) is 29.9. The number of rotatable bonds is 7. The van der Waals surface area contributed by atoms with Gasteiger partial charge in [0.15, 0.2) is 0 Å². The summed E-state index contributed by atoms with van der Waals surface area (Å²) in [7, 11) is 0. The van der Waals surface area contributed by atoms with Crippen LogP contribution in [0.1, 0.15) is 54.0 Å². The molecule has 0 aliphatic rings. The van der Waals surface area contributed by atoms with Crippen molar-refractivity contribution in [3.05, 3.63) is 101 Å². The molecule has 1 aromatic heterocycles. The van der Waals surface area contributed by atoms with E-state index in [0.717, 1.165) is 11.1 Å². The van der Waals surface area contributed by atoms with Crippen LogP contribution in [0.15, 0.2) is 79.0 Å². The molecule has 0 bridgehead atoms. The normalized spacial score (nSPS) is 12.0. The highest BCUT2D eigenvalue weighted by Crippen LogP contribution is 2.22. The maximum atomic E-state index is 12.9. The Kier molecular flexibility index (Phi) is 7.60.